The average molecular weight is 545 g/mol. The number of hydrogen-bond donors (Lipinski definition) is 0. The van der Waals surface area contributed by atoms with Gasteiger partial charge in [0.15, 0.2) is 23.1 Å². The Hall–Kier alpha value is -3.67. The molecular weight excluding hydrogens is 507 g/mol. The third kappa shape index (κ3) is 5.36. The third-order valence-corrected chi connectivity index (χ3v) is 7.93. The molecule has 1 aliphatic heterocycles. The fourth-order valence-electron chi connectivity index (χ4n) is 6.26. The molecule has 0 atom stereocenters. The summed E-state index contributed by atoms with van der Waals surface area (Å²) in [6, 6.07) is 10.1. The highest BCUT2D eigenvalue weighted by atomic mass is 19.1. The summed E-state index contributed by atoms with van der Waals surface area (Å²) < 4.78 is 32.2. The number of Topliss-reactive ketones (excluding diaryl/α,β-unsaturated/α-hetero) is 2. The fourth-order valence-corrected chi connectivity index (χ4v) is 6.26. The van der Waals surface area contributed by atoms with E-state index < -0.39 is 5.92 Å². The van der Waals surface area contributed by atoms with Crippen molar-refractivity contribution >= 4 is 11.6 Å². The lowest BCUT2D eigenvalue weighted by molar-refractivity contribution is -0.120. The lowest BCUT2D eigenvalue weighted by Gasteiger charge is -2.42. The molecule has 0 spiro atoms. The van der Waals surface area contributed by atoms with Crippen LogP contribution in [0.4, 0.5) is 4.39 Å². The Balaban J connectivity index is 1.64. The maximum Gasteiger partial charge on any atom is 0.165 e. The van der Waals surface area contributed by atoms with Gasteiger partial charge in [-0.3, -0.25) is 9.59 Å². The number of ether oxygens (including phenoxy) is 3. The first-order valence-corrected chi connectivity index (χ1v) is 13.8. The second kappa shape index (κ2) is 10.4. The van der Waals surface area contributed by atoms with Gasteiger partial charge in [-0.15, -0.1) is 6.58 Å². The molecule has 0 N–H and O–H groups in total. The van der Waals surface area contributed by atoms with Crippen LogP contribution >= 0.6 is 0 Å². The molecule has 2 aliphatic carbocycles. The first-order valence-electron chi connectivity index (χ1n) is 13.8. The van der Waals surface area contributed by atoms with Crippen LogP contribution in [0.2, 0.25) is 0 Å². The number of halogens is 1. The van der Waals surface area contributed by atoms with Gasteiger partial charge in [0.2, 0.25) is 0 Å². The van der Waals surface area contributed by atoms with Crippen molar-refractivity contribution in [1.29, 1.82) is 0 Å². The predicted molar refractivity (Wildman–Crippen MR) is 152 cm³/mol. The molecule has 0 saturated carbocycles. The Morgan fingerprint density at radius 3 is 2.15 bits per heavy atom. The fraction of sp³-hybridized carbons (Fsp3) is 0.412. The van der Waals surface area contributed by atoms with E-state index in [1.807, 2.05) is 12.1 Å². The molecule has 0 amide bonds. The van der Waals surface area contributed by atoms with Crippen molar-refractivity contribution in [2.75, 3.05) is 7.11 Å². The van der Waals surface area contributed by atoms with Crippen LogP contribution in [0.1, 0.15) is 76.0 Å². The molecule has 0 radical (unpaired) electrons. The summed E-state index contributed by atoms with van der Waals surface area (Å²) in [6.07, 6.45) is 4.28. The smallest absolute Gasteiger partial charge is 0.165 e. The monoisotopic (exact) mass is 544 g/mol. The van der Waals surface area contributed by atoms with E-state index in [0.717, 1.165) is 11.1 Å². The van der Waals surface area contributed by atoms with Crippen LogP contribution in [-0.2, 0) is 27.4 Å². The summed E-state index contributed by atoms with van der Waals surface area (Å²) in [4.78, 5) is 27.4. The van der Waals surface area contributed by atoms with E-state index in [4.69, 9.17) is 14.2 Å². The summed E-state index contributed by atoms with van der Waals surface area (Å²) in [5, 5.41) is 0. The second-order valence-electron chi connectivity index (χ2n) is 12.7. The highest BCUT2D eigenvalue weighted by Crippen LogP contribution is 2.54. The summed E-state index contributed by atoms with van der Waals surface area (Å²) in [5.74, 6) is 1.50. The number of rotatable bonds is 7. The van der Waals surface area contributed by atoms with E-state index in [9.17, 15) is 14.0 Å². The lowest BCUT2D eigenvalue weighted by atomic mass is 9.65. The van der Waals surface area contributed by atoms with Crippen LogP contribution in [0, 0.1) is 16.6 Å². The van der Waals surface area contributed by atoms with Crippen molar-refractivity contribution in [1.82, 2.24) is 0 Å². The highest BCUT2D eigenvalue weighted by Gasteiger charge is 2.48. The van der Waals surface area contributed by atoms with Gasteiger partial charge in [0.25, 0.3) is 0 Å². The Bertz CT molecular complexity index is 1410. The number of ketones is 2. The molecular formula is C34H37FO5. The first-order chi connectivity index (χ1) is 18.9. The molecule has 3 aliphatic rings. The van der Waals surface area contributed by atoms with Gasteiger partial charge in [-0.1, -0.05) is 52.0 Å². The number of carbonyl (C=O) groups is 2. The second-order valence-corrected chi connectivity index (χ2v) is 12.7. The van der Waals surface area contributed by atoms with E-state index >= 15 is 0 Å². The SMILES string of the molecule is C=CCc1cc(C2C3=C(CC(C)(C)CC3=O)OC3=C2C(=O)CC(C)(C)C3)cc(OC)c1OCc1cccc(F)c1. The van der Waals surface area contributed by atoms with Gasteiger partial charge < -0.3 is 14.2 Å². The van der Waals surface area contributed by atoms with Gasteiger partial charge in [-0.05, 0) is 46.6 Å². The highest BCUT2D eigenvalue weighted by molar-refractivity contribution is 6.06. The van der Waals surface area contributed by atoms with Gasteiger partial charge in [-0.2, -0.15) is 0 Å². The molecule has 40 heavy (non-hydrogen) atoms. The summed E-state index contributed by atoms with van der Waals surface area (Å²) >= 11 is 0. The molecule has 0 aromatic heterocycles. The molecule has 1 heterocycles. The Kier molecular flexibility index (Phi) is 7.24. The molecule has 0 fully saturated rings. The Morgan fingerprint density at radius 2 is 1.60 bits per heavy atom. The number of allylic oxidation sites excluding steroid dienone is 5. The minimum Gasteiger partial charge on any atom is -0.493 e. The minimum atomic E-state index is -0.541. The molecule has 0 unspecified atom stereocenters. The van der Waals surface area contributed by atoms with E-state index in [1.165, 1.54) is 12.1 Å². The predicted octanol–water partition coefficient (Wildman–Crippen LogP) is 7.54. The number of hydrogen-bond acceptors (Lipinski definition) is 5. The maximum absolute atomic E-state index is 13.8. The zero-order chi connectivity index (χ0) is 28.8. The molecule has 6 heteroatoms. The Labute approximate surface area is 235 Å². The van der Waals surface area contributed by atoms with Crippen molar-refractivity contribution < 1.29 is 28.2 Å². The van der Waals surface area contributed by atoms with Crippen LogP contribution in [0.5, 0.6) is 11.5 Å². The van der Waals surface area contributed by atoms with Crippen molar-refractivity contribution in [3.05, 3.63) is 94.2 Å². The molecule has 0 saturated heterocycles. The molecule has 5 rings (SSSR count). The standard InChI is InChI=1S/C34H37FO5/c1-7-9-21-13-22(14-26(38-6)32(21)39-19-20-10-8-11-23(35)12-20)29-30-24(36)15-33(2,3)17-27(30)40-28-18-34(4,5)16-25(37)31(28)29/h7-8,10-14,29H,1,9,15-19H2,2-6H3. The van der Waals surface area contributed by atoms with Gasteiger partial charge >= 0.3 is 0 Å². The van der Waals surface area contributed by atoms with Crippen molar-refractivity contribution in [2.24, 2.45) is 10.8 Å². The molecule has 0 bridgehead atoms. The summed E-state index contributed by atoms with van der Waals surface area (Å²) in [5.41, 5.74) is 2.98. The first kappa shape index (κ1) is 27.9. The summed E-state index contributed by atoms with van der Waals surface area (Å²) in [6.45, 7) is 12.4. The number of benzene rings is 2. The van der Waals surface area contributed by atoms with Crippen LogP contribution in [0.15, 0.2) is 71.7 Å². The molecule has 210 valence electrons. The van der Waals surface area contributed by atoms with E-state index in [-0.39, 0.29) is 34.8 Å². The van der Waals surface area contributed by atoms with Crippen LogP contribution < -0.4 is 9.47 Å². The topological polar surface area (TPSA) is 61.8 Å². The van der Waals surface area contributed by atoms with Crippen molar-refractivity contribution in [2.45, 2.75) is 72.3 Å². The van der Waals surface area contributed by atoms with Crippen LogP contribution in [-0.4, -0.2) is 18.7 Å². The van der Waals surface area contributed by atoms with Crippen LogP contribution in [0.3, 0.4) is 0 Å². The number of methoxy groups -OCH3 is 1. The minimum absolute atomic E-state index is 0.0103. The van der Waals surface area contributed by atoms with Gasteiger partial charge in [0.05, 0.1) is 7.11 Å². The lowest BCUT2D eigenvalue weighted by Crippen LogP contribution is -2.37. The van der Waals surface area contributed by atoms with E-state index in [1.54, 1.807) is 25.3 Å². The maximum atomic E-state index is 13.8. The van der Waals surface area contributed by atoms with Crippen LogP contribution in [0.25, 0.3) is 0 Å². The Morgan fingerprint density at radius 1 is 0.975 bits per heavy atom. The van der Waals surface area contributed by atoms with Crippen molar-refractivity contribution in [3.8, 4) is 11.5 Å². The van der Waals surface area contributed by atoms with Gasteiger partial charge in [0, 0.05) is 48.3 Å². The van der Waals surface area contributed by atoms with E-state index in [0.29, 0.717) is 71.8 Å². The van der Waals surface area contributed by atoms with E-state index in [2.05, 4.69) is 34.3 Å². The zero-order valence-electron chi connectivity index (χ0n) is 24.0. The van der Waals surface area contributed by atoms with Gasteiger partial charge in [0.1, 0.15) is 23.9 Å². The quantitative estimate of drug-likeness (QED) is 0.337. The largest absolute Gasteiger partial charge is 0.493 e. The number of carbonyl (C=O) groups excluding carboxylic acids is 2. The zero-order valence-corrected chi connectivity index (χ0v) is 24.0. The molecule has 5 nitrogen and oxygen atoms in total. The average Bonchev–Trinajstić information content (AvgIpc) is 2.85. The van der Waals surface area contributed by atoms with Gasteiger partial charge in [-0.25, -0.2) is 4.39 Å². The van der Waals surface area contributed by atoms with Crippen molar-refractivity contribution in [3.63, 3.8) is 0 Å². The molecule has 2 aromatic carbocycles. The normalized spacial score (nSPS) is 20.1. The third-order valence-electron chi connectivity index (χ3n) is 7.93. The molecule has 2 aromatic rings. The summed E-state index contributed by atoms with van der Waals surface area (Å²) in [7, 11) is 1.56.